The normalized spacial score (nSPS) is 22.8. The minimum Gasteiger partial charge on any atom is -0.365 e. The second-order valence-corrected chi connectivity index (χ2v) is 5.40. The lowest BCUT2D eigenvalue weighted by atomic mass is 9.94. The van der Waals surface area contributed by atoms with Gasteiger partial charge in [0, 0.05) is 17.9 Å². The summed E-state index contributed by atoms with van der Waals surface area (Å²) in [4.78, 5) is 12.0. The van der Waals surface area contributed by atoms with Crippen LogP contribution in [0.4, 0.5) is 0 Å². The van der Waals surface area contributed by atoms with E-state index in [4.69, 9.17) is 16.3 Å². The van der Waals surface area contributed by atoms with E-state index in [-0.39, 0.29) is 18.0 Å². The lowest BCUT2D eigenvalue weighted by Crippen LogP contribution is -2.23. The highest BCUT2D eigenvalue weighted by atomic mass is 35.5. The fourth-order valence-corrected chi connectivity index (χ4v) is 2.83. The Hall–Kier alpha value is -1.64. The van der Waals surface area contributed by atoms with E-state index in [0.29, 0.717) is 17.9 Å². The third kappa shape index (κ3) is 2.77. The molecule has 1 aliphatic heterocycles. The molecule has 0 radical (unpaired) electrons. The van der Waals surface area contributed by atoms with Gasteiger partial charge < -0.3 is 4.74 Å². The predicted octanol–water partition coefficient (Wildman–Crippen LogP) is 4.50. The molecule has 0 bridgehead atoms. The average molecular weight is 287 g/mol. The fraction of sp³-hybridized carbons (Fsp3) is 0.235. The quantitative estimate of drug-likeness (QED) is 0.812. The van der Waals surface area contributed by atoms with Crippen LogP contribution in [-0.4, -0.2) is 5.78 Å². The van der Waals surface area contributed by atoms with Gasteiger partial charge in [0.15, 0.2) is 0 Å². The van der Waals surface area contributed by atoms with Crippen molar-refractivity contribution in [2.75, 3.05) is 0 Å². The van der Waals surface area contributed by atoms with Gasteiger partial charge in [0.05, 0.1) is 12.2 Å². The first-order chi connectivity index (χ1) is 9.74. The Morgan fingerprint density at radius 3 is 2.30 bits per heavy atom. The third-order valence-electron chi connectivity index (χ3n) is 3.58. The summed E-state index contributed by atoms with van der Waals surface area (Å²) in [5.41, 5.74) is 1.93. The van der Waals surface area contributed by atoms with E-state index in [1.165, 1.54) is 0 Å². The monoisotopic (exact) mass is 286 g/mol. The van der Waals surface area contributed by atoms with Crippen LogP contribution < -0.4 is 0 Å². The largest absolute Gasteiger partial charge is 0.365 e. The van der Waals surface area contributed by atoms with Gasteiger partial charge in [-0.25, -0.2) is 0 Å². The Balaban J connectivity index is 1.87. The Kier molecular flexibility index (Phi) is 3.86. The minimum atomic E-state index is -0.254. The molecule has 0 aromatic heterocycles. The molecular weight excluding hydrogens is 272 g/mol. The number of carbonyl (C=O) groups is 1. The zero-order valence-corrected chi connectivity index (χ0v) is 11.7. The molecule has 0 N–H and O–H groups in total. The second-order valence-electron chi connectivity index (χ2n) is 4.99. The summed E-state index contributed by atoms with van der Waals surface area (Å²) in [7, 11) is 0. The van der Waals surface area contributed by atoms with E-state index < -0.39 is 0 Å². The number of Topliss-reactive ketones (excluding diaryl/α,β-unsaturated/α-hetero) is 1. The highest BCUT2D eigenvalue weighted by Gasteiger charge is 2.30. The summed E-state index contributed by atoms with van der Waals surface area (Å²) in [5, 5.41) is 0.652. The molecule has 20 heavy (non-hydrogen) atoms. The van der Waals surface area contributed by atoms with Crippen molar-refractivity contribution >= 4 is 17.4 Å². The molecule has 0 saturated carbocycles. The Morgan fingerprint density at radius 2 is 1.55 bits per heavy atom. The summed E-state index contributed by atoms with van der Waals surface area (Å²) < 4.78 is 6.10. The number of rotatable bonds is 2. The minimum absolute atomic E-state index is 0.182. The summed E-state index contributed by atoms with van der Waals surface area (Å²) in [6.45, 7) is 0. The highest BCUT2D eigenvalue weighted by molar-refractivity contribution is 6.31. The van der Waals surface area contributed by atoms with Crippen molar-refractivity contribution < 1.29 is 9.53 Å². The van der Waals surface area contributed by atoms with Crippen molar-refractivity contribution in [3.8, 4) is 0 Å². The highest BCUT2D eigenvalue weighted by Crippen LogP contribution is 2.38. The molecule has 1 fully saturated rings. The Bertz CT molecular complexity index is 609. The molecule has 0 unspecified atom stereocenters. The first-order valence-electron chi connectivity index (χ1n) is 6.70. The van der Waals surface area contributed by atoms with E-state index in [9.17, 15) is 4.79 Å². The topological polar surface area (TPSA) is 26.3 Å². The molecule has 0 aliphatic carbocycles. The van der Waals surface area contributed by atoms with Crippen molar-refractivity contribution in [1.82, 2.24) is 0 Å². The summed E-state index contributed by atoms with van der Waals surface area (Å²) in [5.74, 6) is 0.218. The second kappa shape index (κ2) is 5.78. The summed E-state index contributed by atoms with van der Waals surface area (Å²) in [6, 6.07) is 17.4. The average Bonchev–Trinajstić information content (AvgIpc) is 2.48. The third-order valence-corrected chi connectivity index (χ3v) is 3.92. The summed E-state index contributed by atoms with van der Waals surface area (Å²) in [6.07, 6.45) is 0.395. The molecule has 2 atom stereocenters. The molecule has 2 aromatic carbocycles. The Labute approximate surface area is 123 Å². The Morgan fingerprint density at radius 1 is 0.900 bits per heavy atom. The van der Waals surface area contributed by atoms with Crippen molar-refractivity contribution in [3.63, 3.8) is 0 Å². The lowest BCUT2D eigenvalue weighted by molar-refractivity contribution is -0.136. The van der Waals surface area contributed by atoms with Gasteiger partial charge in [0.25, 0.3) is 0 Å². The van der Waals surface area contributed by atoms with Gasteiger partial charge in [-0.05, 0) is 17.2 Å². The zero-order valence-electron chi connectivity index (χ0n) is 11.0. The van der Waals surface area contributed by atoms with Crippen LogP contribution in [0.1, 0.15) is 36.2 Å². The first-order valence-corrected chi connectivity index (χ1v) is 7.08. The van der Waals surface area contributed by atoms with E-state index in [1.807, 2.05) is 54.6 Å². The van der Waals surface area contributed by atoms with Gasteiger partial charge in [-0.1, -0.05) is 60.1 Å². The number of hydrogen-bond acceptors (Lipinski definition) is 2. The van der Waals surface area contributed by atoms with Crippen LogP contribution in [0.15, 0.2) is 54.6 Å². The molecule has 0 amide bonds. The van der Waals surface area contributed by atoms with E-state index in [1.54, 1.807) is 0 Å². The van der Waals surface area contributed by atoms with E-state index in [2.05, 4.69) is 0 Å². The van der Waals surface area contributed by atoms with Crippen LogP contribution in [0.2, 0.25) is 5.02 Å². The van der Waals surface area contributed by atoms with Crippen LogP contribution >= 0.6 is 11.6 Å². The summed E-state index contributed by atoms with van der Waals surface area (Å²) >= 11 is 6.21. The maximum absolute atomic E-state index is 12.0. The van der Waals surface area contributed by atoms with Crippen LogP contribution in [-0.2, 0) is 9.53 Å². The maximum Gasteiger partial charge on any atom is 0.138 e. The number of ether oxygens (including phenoxy) is 1. The van der Waals surface area contributed by atoms with Crippen molar-refractivity contribution in [2.45, 2.75) is 25.0 Å². The molecule has 2 nitrogen and oxygen atoms in total. The SMILES string of the molecule is O=C1C[C@@H](c2ccccc2Cl)O[C@@H](c2ccccc2)C1. The molecular formula is C17H15ClO2. The van der Waals surface area contributed by atoms with Crippen LogP contribution in [0, 0.1) is 0 Å². The van der Waals surface area contributed by atoms with Gasteiger partial charge in [0.1, 0.15) is 5.78 Å². The van der Waals surface area contributed by atoms with Crippen molar-refractivity contribution in [1.29, 1.82) is 0 Å². The molecule has 0 spiro atoms. The van der Waals surface area contributed by atoms with E-state index >= 15 is 0 Å². The number of carbonyl (C=O) groups excluding carboxylic acids is 1. The van der Waals surface area contributed by atoms with Crippen molar-refractivity contribution in [2.24, 2.45) is 0 Å². The van der Waals surface area contributed by atoms with Crippen LogP contribution in [0.25, 0.3) is 0 Å². The van der Waals surface area contributed by atoms with Gasteiger partial charge in [-0.3, -0.25) is 4.79 Å². The number of halogens is 1. The molecule has 1 saturated heterocycles. The first kappa shape index (κ1) is 13.3. The molecule has 2 aromatic rings. The van der Waals surface area contributed by atoms with Crippen LogP contribution in [0.5, 0.6) is 0 Å². The van der Waals surface area contributed by atoms with E-state index in [0.717, 1.165) is 11.1 Å². The molecule has 3 rings (SSSR count). The molecule has 3 heteroatoms. The van der Waals surface area contributed by atoms with Gasteiger partial charge in [0.2, 0.25) is 0 Å². The number of hydrogen-bond donors (Lipinski definition) is 0. The molecule has 1 heterocycles. The maximum atomic E-state index is 12.0. The predicted molar refractivity (Wildman–Crippen MR) is 78.7 cm³/mol. The fourth-order valence-electron chi connectivity index (χ4n) is 2.57. The lowest BCUT2D eigenvalue weighted by Gasteiger charge is -2.30. The number of ketones is 1. The van der Waals surface area contributed by atoms with Crippen LogP contribution in [0.3, 0.4) is 0 Å². The molecule has 1 aliphatic rings. The number of benzene rings is 2. The van der Waals surface area contributed by atoms with Gasteiger partial charge >= 0.3 is 0 Å². The van der Waals surface area contributed by atoms with Crippen molar-refractivity contribution in [3.05, 3.63) is 70.7 Å². The van der Waals surface area contributed by atoms with Gasteiger partial charge in [-0.2, -0.15) is 0 Å². The smallest absolute Gasteiger partial charge is 0.138 e. The molecule has 102 valence electrons. The standard InChI is InChI=1S/C17H15ClO2/c18-15-9-5-4-8-14(15)17-11-13(19)10-16(20-17)12-6-2-1-3-7-12/h1-9,16-17H,10-11H2/t16-,17+/m1/s1. The van der Waals surface area contributed by atoms with Gasteiger partial charge in [-0.15, -0.1) is 0 Å². The zero-order chi connectivity index (χ0) is 13.9.